The van der Waals surface area contributed by atoms with Gasteiger partial charge >= 0.3 is 0 Å². The van der Waals surface area contributed by atoms with Gasteiger partial charge in [-0.3, -0.25) is 20.4 Å². The molecule has 1 heterocycles. The largest absolute Gasteiger partial charge is 0.365 e. The van der Waals surface area contributed by atoms with Crippen molar-refractivity contribution in [2.75, 3.05) is 12.3 Å². The Balaban J connectivity index is 2.26. The lowest BCUT2D eigenvalue weighted by Gasteiger charge is -2.06. The molecular weight excluding hydrogens is 276 g/mol. The maximum Gasteiger partial charge on any atom is 0.275 e. The summed E-state index contributed by atoms with van der Waals surface area (Å²) in [6.07, 6.45) is 2.63. The number of aromatic nitrogens is 1. The molecule has 0 amide bonds. The predicted molar refractivity (Wildman–Crippen MR) is 80.1 cm³/mol. The predicted octanol–water partition coefficient (Wildman–Crippen LogP) is 1.55. The minimum atomic E-state index is -0.520. The van der Waals surface area contributed by atoms with Gasteiger partial charge in [-0.2, -0.15) is 11.8 Å². The van der Waals surface area contributed by atoms with Crippen LogP contribution in [-0.4, -0.2) is 22.2 Å². The van der Waals surface area contributed by atoms with Crippen molar-refractivity contribution in [3.05, 3.63) is 52.2 Å². The van der Waals surface area contributed by atoms with E-state index in [9.17, 15) is 10.1 Å². The van der Waals surface area contributed by atoms with Gasteiger partial charge in [0.15, 0.2) is 5.82 Å². The van der Waals surface area contributed by atoms with Gasteiger partial charge in [-0.15, -0.1) is 0 Å². The van der Waals surface area contributed by atoms with Crippen molar-refractivity contribution in [3.8, 4) is 12.0 Å². The molecule has 0 bridgehead atoms. The Bertz CT molecular complexity index is 508. The monoisotopic (exact) mass is 292 g/mol. The van der Waals surface area contributed by atoms with Crippen LogP contribution < -0.4 is 10.6 Å². The second-order valence-electron chi connectivity index (χ2n) is 3.63. The summed E-state index contributed by atoms with van der Waals surface area (Å²) in [5.74, 6) is 4.54. The molecule has 2 N–H and O–H groups in total. The maximum atomic E-state index is 10.4. The molecule has 0 aliphatic carbocycles. The van der Waals surface area contributed by atoms with E-state index < -0.39 is 4.92 Å². The normalized spacial score (nSPS) is 10.3. The van der Waals surface area contributed by atoms with E-state index in [-0.39, 0.29) is 0 Å². The molecule has 1 rings (SSSR count). The van der Waals surface area contributed by atoms with Crippen LogP contribution in [0.15, 0.2) is 36.4 Å². The molecule has 0 aromatic carbocycles. The quantitative estimate of drug-likeness (QED) is 0.249. The molecule has 0 saturated heterocycles. The van der Waals surface area contributed by atoms with Crippen LogP contribution in [-0.2, 0) is 5.75 Å². The third-order valence-corrected chi connectivity index (χ3v) is 3.09. The highest BCUT2D eigenvalue weighted by molar-refractivity contribution is 7.98. The first-order valence-corrected chi connectivity index (χ1v) is 7.12. The first-order valence-electron chi connectivity index (χ1n) is 5.97. The van der Waals surface area contributed by atoms with Crippen LogP contribution in [0.1, 0.15) is 12.6 Å². The van der Waals surface area contributed by atoms with Crippen LogP contribution >= 0.6 is 11.8 Å². The molecule has 7 heteroatoms. The molecule has 0 saturated carbocycles. The first-order chi connectivity index (χ1) is 9.72. The topological polar surface area (TPSA) is 80.1 Å². The lowest BCUT2D eigenvalue weighted by atomic mass is 10.4. The number of hydrogen-bond donors (Lipinski definition) is 2. The van der Waals surface area contributed by atoms with E-state index in [2.05, 4.69) is 27.6 Å². The van der Waals surface area contributed by atoms with Crippen molar-refractivity contribution < 1.29 is 4.92 Å². The van der Waals surface area contributed by atoms with Gasteiger partial charge < -0.3 is 5.32 Å². The van der Waals surface area contributed by atoms with E-state index in [0.29, 0.717) is 12.4 Å². The van der Waals surface area contributed by atoms with Crippen LogP contribution in [0.25, 0.3) is 0 Å². The third-order valence-electron chi connectivity index (χ3n) is 2.09. The minimum absolute atomic E-state index is 0.294. The zero-order valence-electron chi connectivity index (χ0n) is 11.1. The van der Waals surface area contributed by atoms with E-state index in [0.717, 1.165) is 23.4 Å². The molecule has 0 fully saturated rings. The third kappa shape index (κ3) is 7.28. The highest BCUT2D eigenvalue weighted by Gasteiger charge is 2.00. The highest BCUT2D eigenvalue weighted by Crippen LogP contribution is 2.08. The van der Waals surface area contributed by atoms with Crippen LogP contribution in [0.4, 0.5) is 0 Å². The summed E-state index contributed by atoms with van der Waals surface area (Å²) in [4.78, 5) is 14.1. The van der Waals surface area contributed by atoms with E-state index in [1.807, 2.05) is 18.2 Å². The molecule has 0 atom stereocenters. The molecule has 20 heavy (non-hydrogen) atoms. The summed E-state index contributed by atoms with van der Waals surface area (Å²) in [6, 6.07) is 8.37. The van der Waals surface area contributed by atoms with Crippen molar-refractivity contribution >= 4 is 11.8 Å². The minimum Gasteiger partial charge on any atom is -0.365 e. The van der Waals surface area contributed by atoms with E-state index in [4.69, 9.17) is 0 Å². The van der Waals surface area contributed by atoms with Crippen molar-refractivity contribution in [1.29, 1.82) is 0 Å². The number of rotatable bonds is 8. The van der Waals surface area contributed by atoms with Crippen molar-refractivity contribution in [1.82, 2.24) is 15.6 Å². The number of thioether (sulfide) groups is 1. The van der Waals surface area contributed by atoms with E-state index in [1.54, 1.807) is 24.9 Å². The molecule has 106 valence electrons. The summed E-state index contributed by atoms with van der Waals surface area (Å²) in [5, 5.41) is 16.0. The smallest absolute Gasteiger partial charge is 0.275 e. The second-order valence-corrected chi connectivity index (χ2v) is 4.73. The summed E-state index contributed by atoms with van der Waals surface area (Å²) < 4.78 is 0. The molecule has 0 aliphatic heterocycles. The van der Waals surface area contributed by atoms with E-state index in [1.165, 1.54) is 0 Å². The Morgan fingerprint density at radius 3 is 3.10 bits per heavy atom. The first kappa shape index (κ1) is 15.9. The Hall–Kier alpha value is -2.20. The molecule has 0 unspecified atom stereocenters. The molecule has 0 spiro atoms. The number of nitrogens with one attached hydrogen (secondary N) is 2. The molecule has 1 aromatic heterocycles. The van der Waals surface area contributed by atoms with Gasteiger partial charge in [0.1, 0.15) is 0 Å². The van der Waals surface area contributed by atoms with Crippen molar-refractivity contribution in [2.45, 2.75) is 12.7 Å². The standard InChI is InChI=1S/C13H16N4O2S/c1-2-6-15-13(10-17(18)19)16-8-9-20-11-12-5-3-4-7-14-12/h3-5,7,10,15-16H,8-9,11H2,1H3/b13-10-. The van der Waals surface area contributed by atoms with Gasteiger partial charge in [-0.25, -0.2) is 0 Å². The van der Waals surface area contributed by atoms with Gasteiger partial charge in [0, 0.05) is 30.3 Å². The summed E-state index contributed by atoms with van der Waals surface area (Å²) >= 11 is 1.71. The Kier molecular flexibility index (Phi) is 7.69. The number of nitro groups is 1. The Morgan fingerprint density at radius 2 is 2.45 bits per heavy atom. The van der Waals surface area contributed by atoms with E-state index >= 15 is 0 Å². The molecule has 0 radical (unpaired) electrons. The van der Waals surface area contributed by atoms with Crippen LogP contribution in [0.2, 0.25) is 0 Å². The fourth-order valence-corrected chi connectivity index (χ4v) is 2.05. The number of hydrogen-bond acceptors (Lipinski definition) is 6. The zero-order chi connectivity index (χ0) is 14.6. The van der Waals surface area contributed by atoms with Gasteiger partial charge in [0.2, 0.25) is 0 Å². The SMILES string of the molecule is CC#CN/C(=C/[N+](=O)[O-])NCCSCc1ccccn1. The summed E-state index contributed by atoms with van der Waals surface area (Å²) in [6.45, 7) is 2.26. The average Bonchev–Trinajstić information content (AvgIpc) is 2.44. The maximum absolute atomic E-state index is 10.4. The molecule has 0 aliphatic rings. The Morgan fingerprint density at radius 1 is 1.60 bits per heavy atom. The lowest BCUT2D eigenvalue weighted by Crippen LogP contribution is -2.26. The van der Waals surface area contributed by atoms with Crippen molar-refractivity contribution in [2.24, 2.45) is 0 Å². The average molecular weight is 292 g/mol. The molecular formula is C13H16N4O2S. The number of nitrogens with zero attached hydrogens (tertiary/aromatic N) is 2. The second kappa shape index (κ2) is 9.69. The van der Waals surface area contributed by atoms with Crippen LogP contribution in [0.5, 0.6) is 0 Å². The summed E-state index contributed by atoms with van der Waals surface area (Å²) in [7, 11) is 0. The van der Waals surface area contributed by atoms with Crippen molar-refractivity contribution in [3.63, 3.8) is 0 Å². The lowest BCUT2D eigenvalue weighted by molar-refractivity contribution is -0.404. The van der Waals surface area contributed by atoms with Gasteiger partial charge in [0.05, 0.1) is 10.6 Å². The molecule has 1 aromatic rings. The van der Waals surface area contributed by atoms with Crippen LogP contribution in [0.3, 0.4) is 0 Å². The van der Waals surface area contributed by atoms with Gasteiger partial charge in [0.25, 0.3) is 6.20 Å². The molecule has 6 nitrogen and oxygen atoms in total. The summed E-state index contributed by atoms with van der Waals surface area (Å²) in [5.41, 5.74) is 1.02. The van der Waals surface area contributed by atoms with Crippen LogP contribution in [0, 0.1) is 22.1 Å². The Labute approximate surface area is 122 Å². The highest BCUT2D eigenvalue weighted by atomic mass is 32.2. The van der Waals surface area contributed by atoms with Gasteiger partial charge in [-0.05, 0) is 19.1 Å². The fourth-order valence-electron chi connectivity index (χ4n) is 1.28. The zero-order valence-corrected chi connectivity index (χ0v) is 11.9. The fraction of sp³-hybridized carbons (Fsp3) is 0.308. The number of pyridine rings is 1. The van der Waals surface area contributed by atoms with Gasteiger partial charge in [-0.1, -0.05) is 12.0 Å².